The van der Waals surface area contributed by atoms with Gasteiger partial charge in [-0.15, -0.1) is 23.1 Å². The van der Waals surface area contributed by atoms with Gasteiger partial charge in [-0.1, -0.05) is 11.2 Å². The average Bonchev–Trinajstić information content (AvgIpc) is 3.28. The Balaban J connectivity index is 1.55. The molecule has 1 saturated heterocycles. The van der Waals surface area contributed by atoms with Gasteiger partial charge in [0.2, 0.25) is 11.5 Å². The van der Waals surface area contributed by atoms with Crippen LogP contribution in [0.2, 0.25) is 0 Å². The first-order valence-corrected chi connectivity index (χ1v) is 13.0. The van der Waals surface area contributed by atoms with Crippen LogP contribution in [-0.2, 0) is 30.6 Å². The Morgan fingerprint density at radius 3 is 2.62 bits per heavy atom. The number of rotatable bonds is 10. The number of carbonyl (C=O) groups excluding carboxylic acids is 3. The number of Topliss-reactive ketones (excluding diaryl/α,β-unsaturated/α-hetero) is 1. The van der Waals surface area contributed by atoms with Gasteiger partial charge in [0, 0.05) is 35.3 Å². The highest BCUT2D eigenvalue weighted by Crippen LogP contribution is 2.45. The summed E-state index contributed by atoms with van der Waals surface area (Å²) in [7, 11) is 0. The van der Waals surface area contributed by atoms with Crippen LogP contribution in [-0.4, -0.2) is 61.1 Å². The molecule has 0 aromatic carbocycles. The maximum Gasteiger partial charge on any atom is 0.350 e. The number of β-lactam (4-membered cyclic amide) rings is 1. The molecule has 2 aromatic heterocycles. The summed E-state index contributed by atoms with van der Waals surface area (Å²) in [6, 6.07) is 5.46. The molecule has 0 aliphatic carbocycles. The molecule has 3 N–H and O–H groups in total. The van der Waals surface area contributed by atoms with Crippen molar-refractivity contribution in [1.82, 2.24) is 9.88 Å². The van der Waals surface area contributed by atoms with E-state index in [9.17, 15) is 29.4 Å². The number of ketones is 1. The molecule has 4 heterocycles. The summed E-state index contributed by atoms with van der Waals surface area (Å²) >= 11 is 2.41. The Labute approximate surface area is 219 Å². The number of carboxylic acid groups (broad SMARTS) is 2. The maximum absolute atomic E-state index is 13.2. The fourth-order valence-corrected chi connectivity index (χ4v) is 5.77. The maximum atomic E-state index is 13.2. The Morgan fingerprint density at radius 1 is 1.32 bits per heavy atom. The number of thioether (sulfide) groups is 1. The van der Waals surface area contributed by atoms with Crippen molar-refractivity contribution in [3.8, 4) is 0 Å². The molecule has 2 aliphatic heterocycles. The van der Waals surface area contributed by atoms with Crippen LogP contribution in [0.25, 0.3) is 0 Å². The van der Waals surface area contributed by atoms with Crippen molar-refractivity contribution in [3.63, 3.8) is 0 Å². The summed E-state index contributed by atoms with van der Waals surface area (Å²) in [5.41, 5.74) is 4.12. The molecule has 194 valence electrons. The Hall–Kier alpha value is -3.78. The topological polar surface area (TPSA) is 179 Å². The third-order valence-electron chi connectivity index (χ3n) is 5.82. The van der Waals surface area contributed by atoms with Crippen molar-refractivity contribution in [2.75, 3.05) is 11.5 Å². The van der Waals surface area contributed by atoms with Crippen LogP contribution < -0.4 is 15.4 Å². The molecule has 2 atom stereocenters. The van der Waals surface area contributed by atoms with E-state index in [1.165, 1.54) is 35.9 Å². The quantitative estimate of drug-likeness (QED) is 0.176. The molecule has 0 spiro atoms. The van der Waals surface area contributed by atoms with Gasteiger partial charge in [-0.05, 0) is 13.8 Å². The van der Waals surface area contributed by atoms with E-state index in [4.69, 9.17) is 10.6 Å². The lowest BCUT2D eigenvalue weighted by atomic mass is 9.89. The predicted octanol–water partition coefficient (Wildman–Crippen LogP) is -0.209. The lowest BCUT2D eigenvalue weighted by Crippen LogP contribution is -2.63. The minimum absolute atomic E-state index is 0.0890. The zero-order valence-corrected chi connectivity index (χ0v) is 21.5. The van der Waals surface area contributed by atoms with E-state index >= 15 is 0 Å². The number of aliphatic carboxylic acids is 2. The minimum atomic E-state index is -1.73. The number of amides is 1. The van der Waals surface area contributed by atoms with E-state index in [0.29, 0.717) is 11.3 Å². The number of hydrogen-bond donors (Lipinski definition) is 2. The number of carbonyl (C=O) groups is 4. The number of fused-ring (bicyclic) bond motifs is 1. The number of carboxylic acids is 2. The number of anilines is 1. The van der Waals surface area contributed by atoms with E-state index in [2.05, 4.69) is 10.1 Å². The van der Waals surface area contributed by atoms with Gasteiger partial charge in [-0.2, -0.15) is 0 Å². The lowest BCUT2D eigenvalue weighted by Gasteiger charge is -2.50. The second kappa shape index (κ2) is 10.3. The number of aromatic nitrogens is 2. The number of pyridine rings is 1. The van der Waals surface area contributed by atoms with Crippen molar-refractivity contribution in [3.05, 3.63) is 52.9 Å². The minimum Gasteiger partial charge on any atom is -0.543 e. The fourth-order valence-electron chi connectivity index (χ4n) is 3.82. The number of nitrogens with zero attached hydrogens (tertiary/aromatic N) is 4. The van der Waals surface area contributed by atoms with E-state index in [-0.39, 0.29) is 35.2 Å². The number of nitrogen functional groups attached to an aromatic ring is 1. The van der Waals surface area contributed by atoms with Crippen molar-refractivity contribution >= 4 is 57.6 Å². The molecule has 12 nitrogen and oxygen atoms in total. The standard InChI is InChI=1S/C23H23N5O7S2/c1-23(2,21(33)34)35-26-16(14-11-37-22(24)25-14)15(29)8-13-18(30)28-17(20(31)32)12(10-36-19(13)28)9-27-6-4-3-5-7-27/h3-7,11,13,19H,8-10H2,1-2H3,(H3-,24,25,31,32,33,34)/b26-16+. The molecule has 4 rings (SSSR count). The van der Waals surface area contributed by atoms with Crippen LogP contribution in [0.15, 0.2) is 52.4 Å². The van der Waals surface area contributed by atoms with E-state index < -0.39 is 40.5 Å². The SMILES string of the molecule is CC(C)(O/N=C(/C(=O)CC1C(=O)N2C(C(=O)[O-])=C(C[n+]3ccccc3)CSC12)c1csc(N)n1)C(=O)O. The van der Waals surface area contributed by atoms with Crippen molar-refractivity contribution in [1.29, 1.82) is 0 Å². The van der Waals surface area contributed by atoms with E-state index in [0.717, 1.165) is 11.3 Å². The van der Waals surface area contributed by atoms with Gasteiger partial charge in [0.15, 0.2) is 35.6 Å². The molecule has 1 fully saturated rings. The summed E-state index contributed by atoms with van der Waals surface area (Å²) in [6.07, 6.45) is 3.27. The van der Waals surface area contributed by atoms with Crippen LogP contribution >= 0.6 is 23.1 Å². The molecule has 0 bridgehead atoms. The Bertz CT molecular complexity index is 1320. The van der Waals surface area contributed by atoms with Crippen LogP contribution in [0.4, 0.5) is 5.13 Å². The van der Waals surface area contributed by atoms with Crippen molar-refractivity contribution in [2.24, 2.45) is 11.1 Å². The van der Waals surface area contributed by atoms with Crippen LogP contribution in [0.5, 0.6) is 0 Å². The molecular formula is C23H23N5O7S2. The summed E-state index contributed by atoms with van der Waals surface area (Å²) in [5.74, 6) is -4.37. The lowest BCUT2D eigenvalue weighted by molar-refractivity contribution is -0.689. The molecule has 0 saturated carbocycles. The molecule has 1 amide bonds. The third kappa shape index (κ3) is 5.34. The van der Waals surface area contributed by atoms with Crippen LogP contribution in [0, 0.1) is 5.92 Å². The molecule has 37 heavy (non-hydrogen) atoms. The summed E-state index contributed by atoms with van der Waals surface area (Å²) in [6.45, 7) is 2.80. The molecule has 2 aromatic rings. The normalized spacial score (nSPS) is 19.8. The molecule has 2 unspecified atom stereocenters. The van der Waals surface area contributed by atoms with Gasteiger partial charge in [0.25, 0.3) is 0 Å². The van der Waals surface area contributed by atoms with Gasteiger partial charge in [-0.25, -0.2) is 14.3 Å². The fraction of sp³-hybridized carbons (Fsp3) is 0.348. The first kappa shape index (κ1) is 26.3. The highest BCUT2D eigenvalue weighted by molar-refractivity contribution is 8.00. The number of hydrogen-bond acceptors (Lipinski definition) is 11. The third-order valence-corrected chi connectivity index (χ3v) is 7.89. The highest BCUT2D eigenvalue weighted by atomic mass is 32.2. The van der Waals surface area contributed by atoms with Crippen LogP contribution in [0.1, 0.15) is 26.0 Å². The molecule has 2 aliphatic rings. The van der Waals surface area contributed by atoms with Gasteiger partial charge >= 0.3 is 5.97 Å². The van der Waals surface area contributed by atoms with Crippen molar-refractivity contribution < 1.29 is 38.8 Å². The van der Waals surface area contributed by atoms with Gasteiger partial charge < -0.3 is 25.6 Å². The highest BCUT2D eigenvalue weighted by Gasteiger charge is 2.53. The predicted molar refractivity (Wildman–Crippen MR) is 131 cm³/mol. The number of nitrogens with two attached hydrogens (primary N) is 1. The summed E-state index contributed by atoms with van der Waals surface area (Å²) < 4.78 is 1.80. The van der Waals surface area contributed by atoms with Gasteiger partial charge in [0.05, 0.1) is 23.0 Å². The Morgan fingerprint density at radius 2 is 2.03 bits per heavy atom. The molecule has 14 heteroatoms. The summed E-state index contributed by atoms with van der Waals surface area (Å²) in [5, 5.41) is 26.1. The first-order valence-electron chi connectivity index (χ1n) is 11.1. The smallest absolute Gasteiger partial charge is 0.350 e. The summed E-state index contributed by atoms with van der Waals surface area (Å²) in [4.78, 5) is 60.0. The average molecular weight is 546 g/mol. The van der Waals surface area contributed by atoms with Gasteiger partial charge in [-0.3, -0.25) is 14.5 Å². The Kier molecular flexibility index (Phi) is 7.32. The molecular weight excluding hydrogens is 522 g/mol. The number of oxime groups is 1. The second-order valence-corrected chi connectivity index (χ2v) is 10.8. The van der Waals surface area contributed by atoms with Crippen molar-refractivity contribution in [2.45, 2.75) is 37.8 Å². The molecule has 0 radical (unpaired) electrons. The van der Waals surface area contributed by atoms with Gasteiger partial charge in [0.1, 0.15) is 5.69 Å². The van der Waals surface area contributed by atoms with E-state index in [1.807, 2.05) is 18.2 Å². The van der Waals surface area contributed by atoms with E-state index in [1.54, 1.807) is 17.0 Å². The van der Waals surface area contributed by atoms with Crippen LogP contribution in [0.3, 0.4) is 0 Å². The second-order valence-electron chi connectivity index (χ2n) is 8.85. The zero-order valence-electron chi connectivity index (χ0n) is 19.8. The monoisotopic (exact) mass is 545 g/mol. The number of thiazole rings is 1. The largest absolute Gasteiger partial charge is 0.543 e. The zero-order chi connectivity index (χ0) is 26.9. The first-order chi connectivity index (χ1) is 17.5.